The Hall–Kier alpha value is -2.10. The van der Waals surface area contributed by atoms with Crippen LogP contribution in [0, 0.1) is 0 Å². The third kappa shape index (κ3) is 2.46. The fourth-order valence-corrected chi connectivity index (χ4v) is 2.90. The number of benzene rings is 1. The minimum atomic E-state index is -0.751. The fraction of sp³-hybridized carbons (Fsp3) is 0.412. The third-order valence-electron chi connectivity index (χ3n) is 4.42. The minimum absolute atomic E-state index is 0.00811. The molecule has 0 heterocycles. The van der Waals surface area contributed by atoms with Gasteiger partial charge in [-0.15, -0.1) is 0 Å². The van der Waals surface area contributed by atoms with Gasteiger partial charge in [0.05, 0.1) is 5.70 Å². The Morgan fingerprint density at radius 3 is 2.24 bits per heavy atom. The van der Waals surface area contributed by atoms with Crippen LogP contribution in [0.3, 0.4) is 0 Å². The molecule has 1 amide bonds. The fourth-order valence-electron chi connectivity index (χ4n) is 2.90. The number of rotatable bonds is 4. The molecule has 2 rings (SSSR count). The number of nitrogens with zero attached hydrogens (tertiary/aromatic N) is 1. The van der Waals surface area contributed by atoms with E-state index in [0.717, 1.165) is 11.1 Å². The first-order valence-electron chi connectivity index (χ1n) is 7.09. The number of allylic oxidation sites excluding steroid dienone is 1. The number of hydrogen-bond acceptors (Lipinski definition) is 3. The van der Waals surface area contributed by atoms with Gasteiger partial charge in [0.1, 0.15) is 5.54 Å². The van der Waals surface area contributed by atoms with Crippen molar-refractivity contribution < 1.29 is 9.59 Å². The van der Waals surface area contributed by atoms with Crippen LogP contribution in [-0.4, -0.2) is 29.2 Å². The van der Waals surface area contributed by atoms with E-state index in [9.17, 15) is 9.59 Å². The number of hydrogen-bond donors (Lipinski definition) is 1. The highest BCUT2D eigenvalue weighted by molar-refractivity contribution is 6.01. The largest absolute Gasteiger partial charge is 0.394 e. The van der Waals surface area contributed by atoms with Gasteiger partial charge in [-0.2, -0.15) is 0 Å². The van der Waals surface area contributed by atoms with Crippen molar-refractivity contribution in [1.29, 1.82) is 0 Å². The average Bonchev–Trinajstić information content (AvgIpc) is 3.22. The lowest BCUT2D eigenvalue weighted by atomic mass is 10.0. The maximum absolute atomic E-state index is 12.4. The molecule has 4 heteroatoms. The van der Waals surface area contributed by atoms with Crippen LogP contribution in [0.5, 0.6) is 0 Å². The van der Waals surface area contributed by atoms with Crippen LogP contribution in [0.2, 0.25) is 0 Å². The maximum atomic E-state index is 12.4. The van der Waals surface area contributed by atoms with Gasteiger partial charge in [0.25, 0.3) is 5.91 Å². The van der Waals surface area contributed by atoms with Gasteiger partial charge in [0, 0.05) is 13.0 Å². The molecule has 2 N–H and O–H groups in total. The standard InChI is InChI=1S/C17H22N2O2/c1-11(2)15(18)16(21)19(4)17(12(3)20)10-14(17)13-8-6-5-7-9-13/h5-9,14H,10,18H2,1-4H3/t14-,17?/m0/s1. The van der Waals surface area contributed by atoms with Crippen LogP contribution in [0.15, 0.2) is 41.6 Å². The van der Waals surface area contributed by atoms with Crippen LogP contribution in [0.4, 0.5) is 0 Å². The zero-order valence-electron chi connectivity index (χ0n) is 13.0. The van der Waals surface area contributed by atoms with Crippen LogP contribution >= 0.6 is 0 Å². The maximum Gasteiger partial charge on any atom is 0.270 e. The van der Waals surface area contributed by atoms with Gasteiger partial charge >= 0.3 is 0 Å². The van der Waals surface area contributed by atoms with E-state index in [4.69, 9.17) is 5.73 Å². The summed E-state index contributed by atoms with van der Waals surface area (Å²) in [5.41, 5.74) is 7.17. The van der Waals surface area contributed by atoms with Crippen LogP contribution in [-0.2, 0) is 9.59 Å². The van der Waals surface area contributed by atoms with Crippen LogP contribution in [0.1, 0.15) is 38.7 Å². The number of amides is 1. The molecule has 0 saturated heterocycles. The Labute approximate surface area is 125 Å². The first-order chi connectivity index (χ1) is 9.82. The molecule has 0 radical (unpaired) electrons. The predicted octanol–water partition coefficient (Wildman–Crippen LogP) is 2.21. The summed E-state index contributed by atoms with van der Waals surface area (Å²) in [5, 5.41) is 0. The van der Waals surface area contributed by atoms with E-state index >= 15 is 0 Å². The van der Waals surface area contributed by atoms with Gasteiger partial charge in [-0.1, -0.05) is 30.3 Å². The molecule has 1 aromatic rings. The summed E-state index contributed by atoms with van der Waals surface area (Å²) < 4.78 is 0. The van der Waals surface area contributed by atoms with Crippen molar-refractivity contribution in [1.82, 2.24) is 4.90 Å². The Morgan fingerprint density at radius 1 is 1.19 bits per heavy atom. The van der Waals surface area contributed by atoms with Crippen molar-refractivity contribution in [3.05, 3.63) is 47.2 Å². The monoisotopic (exact) mass is 286 g/mol. The zero-order chi connectivity index (χ0) is 15.8. The summed E-state index contributed by atoms with van der Waals surface area (Å²) in [7, 11) is 1.67. The number of carbonyl (C=O) groups excluding carboxylic acids is 2. The summed E-state index contributed by atoms with van der Waals surface area (Å²) in [5.74, 6) is -0.215. The van der Waals surface area contributed by atoms with E-state index in [1.54, 1.807) is 27.8 Å². The lowest BCUT2D eigenvalue weighted by Crippen LogP contribution is -2.46. The van der Waals surface area contributed by atoms with Gasteiger partial charge in [-0.25, -0.2) is 0 Å². The molecule has 1 fully saturated rings. The van der Waals surface area contributed by atoms with E-state index < -0.39 is 5.54 Å². The Morgan fingerprint density at radius 2 is 1.76 bits per heavy atom. The molecule has 0 spiro atoms. The van der Waals surface area contributed by atoms with E-state index in [1.165, 1.54) is 4.90 Å². The Kier molecular flexibility index (Phi) is 3.90. The number of Topliss-reactive ketones (excluding diaryl/α,β-unsaturated/α-hetero) is 1. The third-order valence-corrected chi connectivity index (χ3v) is 4.42. The van der Waals surface area contributed by atoms with Crippen molar-refractivity contribution >= 4 is 11.7 Å². The average molecular weight is 286 g/mol. The first kappa shape index (κ1) is 15.3. The molecule has 4 nitrogen and oxygen atoms in total. The normalized spacial score (nSPS) is 23.3. The molecule has 1 aliphatic carbocycles. The summed E-state index contributed by atoms with van der Waals surface area (Å²) in [6.07, 6.45) is 0.657. The quantitative estimate of drug-likeness (QED) is 0.863. The predicted molar refractivity (Wildman–Crippen MR) is 82.5 cm³/mol. The Bertz CT molecular complexity index is 602. The number of ketones is 1. The van der Waals surface area contributed by atoms with Crippen molar-refractivity contribution in [3.8, 4) is 0 Å². The summed E-state index contributed by atoms with van der Waals surface area (Å²) in [6.45, 7) is 5.14. The number of nitrogens with two attached hydrogens (primary N) is 1. The molecule has 1 aliphatic rings. The van der Waals surface area contributed by atoms with Gasteiger partial charge < -0.3 is 10.6 Å². The molecule has 1 unspecified atom stereocenters. The summed E-state index contributed by atoms with van der Waals surface area (Å²) in [6, 6.07) is 9.84. The van der Waals surface area contributed by atoms with Crippen molar-refractivity contribution in [3.63, 3.8) is 0 Å². The molecule has 1 aromatic carbocycles. The van der Waals surface area contributed by atoms with Crippen LogP contribution in [0.25, 0.3) is 0 Å². The van der Waals surface area contributed by atoms with E-state index in [1.807, 2.05) is 30.3 Å². The zero-order valence-corrected chi connectivity index (χ0v) is 13.0. The SMILES string of the molecule is CC(=O)C1(N(C)C(=O)C(N)=C(C)C)C[C@H]1c1ccccc1. The van der Waals surface area contributed by atoms with Gasteiger partial charge in [0.15, 0.2) is 5.78 Å². The highest BCUT2D eigenvalue weighted by Crippen LogP contribution is 2.55. The van der Waals surface area contributed by atoms with Crippen molar-refractivity contribution in [2.75, 3.05) is 7.05 Å². The van der Waals surface area contributed by atoms with Crippen LogP contribution < -0.4 is 5.73 Å². The second kappa shape index (κ2) is 5.35. The molecule has 112 valence electrons. The second-order valence-corrected chi connectivity index (χ2v) is 5.93. The van der Waals surface area contributed by atoms with E-state index in [-0.39, 0.29) is 23.3 Å². The number of likely N-dealkylation sites (N-methyl/N-ethyl adjacent to an activating group) is 1. The van der Waals surface area contributed by atoms with Crippen molar-refractivity contribution in [2.45, 2.75) is 38.6 Å². The lowest BCUT2D eigenvalue weighted by Gasteiger charge is -2.28. The number of carbonyl (C=O) groups is 2. The summed E-state index contributed by atoms with van der Waals surface area (Å²) in [4.78, 5) is 26.2. The van der Waals surface area contributed by atoms with E-state index in [0.29, 0.717) is 6.42 Å². The van der Waals surface area contributed by atoms with Gasteiger partial charge in [-0.3, -0.25) is 9.59 Å². The van der Waals surface area contributed by atoms with Gasteiger partial charge in [0.2, 0.25) is 0 Å². The molecule has 21 heavy (non-hydrogen) atoms. The minimum Gasteiger partial charge on any atom is -0.394 e. The topological polar surface area (TPSA) is 63.4 Å². The molecule has 1 saturated carbocycles. The van der Waals surface area contributed by atoms with Gasteiger partial charge in [-0.05, 0) is 38.3 Å². The molecule has 0 aliphatic heterocycles. The lowest BCUT2D eigenvalue weighted by molar-refractivity contribution is -0.136. The molecular formula is C17H22N2O2. The molecule has 0 bridgehead atoms. The highest BCUT2D eigenvalue weighted by Gasteiger charge is 2.62. The molecule has 2 atom stereocenters. The molecular weight excluding hydrogens is 264 g/mol. The molecule has 0 aromatic heterocycles. The smallest absolute Gasteiger partial charge is 0.270 e. The second-order valence-electron chi connectivity index (χ2n) is 5.93. The first-order valence-corrected chi connectivity index (χ1v) is 7.09. The van der Waals surface area contributed by atoms with E-state index in [2.05, 4.69) is 0 Å². The highest BCUT2D eigenvalue weighted by atomic mass is 16.2. The van der Waals surface area contributed by atoms with Crippen molar-refractivity contribution in [2.24, 2.45) is 5.73 Å². The summed E-state index contributed by atoms with van der Waals surface area (Å²) >= 11 is 0. The Balaban J connectivity index is 2.33.